The zero-order valence-corrected chi connectivity index (χ0v) is 16.0. The van der Waals surface area contributed by atoms with Gasteiger partial charge in [0.1, 0.15) is 29.1 Å². The van der Waals surface area contributed by atoms with E-state index >= 15 is 0 Å². The topological polar surface area (TPSA) is 121 Å². The Morgan fingerprint density at radius 2 is 1.87 bits per heavy atom. The number of nitrogens with zero attached hydrogens (tertiary/aromatic N) is 2. The number of nitrogens with one attached hydrogen (secondary N) is 1. The van der Waals surface area contributed by atoms with Crippen LogP contribution in [-0.2, 0) is 0 Å². The molecule has 0 bridgehead atoms. The molecule has 3 aromatic carbocycles. The molecule has 0 spiro atoms. The molecule has 1 heterocycles. The molecule has 7 nitrogen and oxygen atoms in total. The molecule has 0 aliphatic carbocycles. The molecule has 0 radical (unpaired) electrons. The lowest BCUT2D eigenvalue weighted by atomic mass is 10.1. The number of hydrogen-bond donors (Lipinski definition) is 3. The molecular weight excluding hydrogens is 399 g/mol. The lowest BCUT2D eigenvalue weighted by Crippen LogP contribution is -2.12. The average molecular weight is 414 g/mol. The number of phenols is 1. The largest absolute Gasteiger partial charge is 0.506 e. The van der Waals surface area contributed by atoms with Gasteiger partial charge in [-0.05, 0) is 54.6 Å². The van der Waals surface area contributed by atoms with E-state index in [0.29, 0.717) is 33.7 Å². The molecule has 0 saturated carbocycles. The number of fused-ring (bicyclic) bond motifs is 1. The fourth-order valence-corrected chi connectivity index (χ4v) is 2.97. The number of ether oxygens (including phenoxy) is 1. The molecule has 4 aromatic rings. The number of nitrogen functional groups attached to an aromatic ring is 1. The molecule has 31 heavy (non-hydrogen) atoms. The second kappa shape index (κ2) is 8.00. The number of anilines is 2. The third kappa shape index (κ3) is 4.06. The molecule has 4 N–H and O–H groups in total. The molecule has 0 saturated heterocycles. The second-order valence-corrected chi connectivity index (χ2v) is 6.62. The van der Waals surface area contributed by atoms with Crippen LogP contribution in [-0.4, -0.2) is 16.0 Å². The SMILES string of the molecule is N#Cc1cc2c(Oc3ccc(C(=O)Nc4ccc(F)cc4)cc3N)ccnc2cc1O. The number of nitriles is 1. The number of amides is 1. The van der Waals surface area contributed by atoms with E-state index in [1.54, 1.807) is 18.2 Å². The lowest BCUT2D eigenvalue weighted by Gasteiger charge is -2.12. The van der Waals surface area contributed by atoms with Crippen molar-refractivity contribution >= 4 is 28.2 Å². The number of halogens is 1. The molecule has 4 rings (SSSR count). The van der Waals surface area contributed by atoms with Crippen LogP contribution in [0.4, 0.5) is 15.8 Å². The van der Waals surface area contributed by atoms with Gasteiger partial charge >= 0.3 is 0 Å². The Morgan fingerprint density at radius 3 is 2.58 bits per heavy atom. The first kappa shape index (κ1) is 19.7. The van der Waals surface area contributed by atoms with Crippen LogP contribution in [0.15, 0.2) is 66.9 Å². The van der Waals surface area contributed by atoms with Crippen molar-refractivity contribution in [2.75, 3.05) is 11.1 Å². The van der Waals surface area contributed by atoms with Crippen LogP contribution in [0.3, 0.4) is 0 Å². The minimum atomic E-state index is -0.409. The molecule has 8 heteroatoms. The zero-order chi connectivity index (χ0) is 22.0. The first-order valence-electron chi connectivity index (χ1n) is 9.11. The predicted octanol–water partition coefficient (Wildman–Crippen LogP) is 4.58. The second-order valence-electron chi connectivity index (χ2n) is 6.62. The maximum absolute atomic E-state index is 13.0. The van der Waals surface area contributed by atoms with E-state index < -0.39 is 11.7 Å². The lowest BCUT2D eigenvalue weighted by molar-refractivity contribution is 0.102. The van der Waals surface area contributed by atoms with Gasteiger partial charge in [-0.1, -0.05) is 0 Å². The highest BCUT2D eigenvalue weighted by molar-refractivity contribution is 6.05. The maximum atomic E-state index is 13.0. The summed E-state index contributed by atoms with van der Waals surface area (Å²) in [6.45, 7) is 0. The highest BCUT2D eigenvalue weighted by Crippen LogP contribution is 2.35. The summed E-state index contributed by atoms with van der Waals surface area (Å²) < 4.78 is 18.9. The molecule has 1 aromatic heterocycles. The summed E-state index contributed by atoms with van der Waals surface area (Å²) in [6, 6.07) is 16.3. The number of hydrogen-bond acceptors (Lipinski definition) is 6. The number of aromatic hydroxyl groups is 1. The van der Waals surface area contributed by atoms with E-state index in [1.807, 2.05) is 6.07 Å². The van der Waals surface area contributed by atoms with Crippen LogP contribution in [0.25, 0.3) is 10.9 Å². The molecule has 0 unspecified atom stereocenters. The normalized spacial score (nSPS) is 10.5. The van der Waals surface area contributed by atoms with Gasteiger partial charge in [0.25, 0.3) is 5.91 Å². The molecule has 0 fully saturated rings. The van der Waals surface area contributed by atoms with Crippen LogP contribution >= 0.6 is 0 Å². The smallest absolute Gasteiger partial charge is 0.255 e. The van der Waals surface area contributed by atoms with E-state index in [2.05, 4.69) is 10.3 Å². The van der Waals surface area contributed by atoms with Crippen molar-refractivity contribution in [1.82, 2.24) is 4.98 Å². The van der Waals surface area contributed by atoms with Crippen LogP contribution in [0.5, 0.6) is 17.2 Å². The summed E-state index contributed by atoms with van der Waals surface area (Å²) in [4.78, 5) is 16.6. The van der Waals surface area contributed by atoms with Crippen molar-refractivity contribution in [3.63, 3.8) is 0 Å². The van der Waals surface area contributed by atoms with Crippen molar-refractivity contribution in [2.24, 2.45) is 0 Å². The highest BCUT2D eigenvalue weighted by atomic mass is 19.1. The predicted molar refractivity (Wildman–Crippen MR) is 113 cm³/mol. The number of phenolic OH excluding ortho intramolecular Hbond substituents is 1. The fourth-order valence-electron chi connectivity index (χ4n) is 2.97. The van der Waals surface area contributed by atoms with Gasteiger partial charge in [-0.3, -0.25) is 9.78 Å². The standard InChI is InChI=1S/C23H15FN4O3/c24-15-2-4-16(5-3-15)28-23(30)13-1-6-22(18(26)10-13)31-21-7-8-27-19-11-20(29)14(12-25)9-17(19)21/h1-11,29H,26H2,(H,28,30). The van der Waals surface area contributed by atoms with Crippen LogP contribution in [0, 0.1) is 17.1 Å². The molecule has 1 amide bonds. The van der Waals surface area contributed by atoms with E-state index in [4.69, 9.17) is 15.7 Å². The Balaban J connectivity index is 1.60. The monoisotopic (exact) mass is 414 g/mol. The van der Waals surface area contributed by atoms with Gasteiger partial charge in [0.05, 0.1) is 16.8 Å². The molecule has 0 aliphatic heterocycles. The number of pyridine rings is 1. The van der Waals surface area contributed by atoms with Crippen molar-refractivity contribution in [1.29, 1.82) is 5.26 Å². The van der Waals surface area contributed by atoms with Crippen LogP contribution in [0.2, 0.25) is 0 Å². The highest BCUT2D eigenvalue weighted by Gasteiger charge is 2.13. The summed E-state index contributed by atoms with van der Waals surface area (Å²) in [5.41, 5.74) is 7.58. The molecule has 152 valence electrons. The maximum Gasteiger partial charge on any atom is 0.255 e. The minimum absolute atomic E-state index is 0.0890. The van der Waals surface area contributed by atoms with E-state index in [-0.39, 0.29) is 17.0 Å². The van der Waals surface area contributed by atoms with E-state index in [0.717, 1.165) is 0 Å². The quantitative estimate of drug-likeness (QED) is 0.420. The average Bonchev–Trinajstić information content (AvgIpc) is 2.76. The number of aromatic nitrogens is 1. The van der Waals surface area contributed by atoms with Gasteiger partial charge in [0, 0.05) is 28.9 Å². The third-order valence-corrected chi connectivity index (χ3v) is 4.53. The van der Waals surface area contributed by atoms with Gasteiger partial charge in [-0.25, -0.2) is 4.39 Å². The Labute approximate surface area is 176 Å². The van der Waals surface area contributed by atoms with Gasteiger partial charge in [0.15, 0.2) is 0 Å². The summed E-state index contributed by atoms with van der Waals surface area (Å²) in [7, 11) is 0. The Hall–Kier alpha value is -4.64. The van der Waals surface area contributed by atoms with Crippen molar-refractivity contribution in [3.05, 3.63) is 83.8 Å². The summed E-state index contributed by atoms with van der Waals surface area (Å²) in [6.07, 6.45) is 1.50. The Bertz CT molecular complexity index is 1350. The van der Waals surface area contributed by atoms with Crippen LogP contribution < -0.4 is 15.8 Å². The van der Waals surface area contributed by atoms with Gasteiger partial charge in [-0.2, -0.15) is 5.26 Å². The van der Waals surface area contributed by atoms with Gasteiger partial charge < -0.3 is 20.9 Å². The van der Waals surface area contributed by atoms with Crippen molar-refractivity contribution in [3.8, 4) is 23.3 Å². The minimum Gasteiger partial charge on any atom is -0.506 e. The summed E-state index contributed by atoms with van der Waals surface area (Å²) in [5.74, 6) is -0.289. The number of benzene rings is 3. The zero-order valence-electron chi connectivity index (χ0n) is 16.0. The van der Waals surface area contributed by atoms with Crippen molar-refractivity contribution < 1.29 is 19.0 Å². The van der Waals surface area contributed by atoms with Crippen LogP contribution in [0.1, 0.15) is 15.9 Å². The summed E-state index contributed by atoms with van der Waals surface area (Å²) in [5, 5.41) is 22.2. The summed E-state index contributed by atoms with van der Waals surface area (Å²) >= 11 is 0. The third-order valence-electron chi connectivity index (χ3n) is 4.53. The number of carbonyl (C=O) groups excluding carboxylic acids is 1. The number of nitrogens with two attached hydrogens (primary N) is 1. The van der Waals surface area contributed by atoms with E-state index in [1.165, 1.54) is 48.7 Å². The fraction of sp³-hybridized carbons (Fsp3) is 0. The van der Waals surface area contributed by atoms with E-state index in [9.17, 15) is 14.3 Å². The Kier molecular flexibility index (Phi) is 5.08. The number of rotatable bonds is 4. The Morgan fingerprint density at radius 1 is 1.10 bits per heavy atom. The van der Waals surface area contributed by atoms with Gasteiger partial charge in [0.2, 0.25) is 0 Å². The first-order chi connectivity index (χ1) is 14.9. The molecular formula is C23H15FN4O3. The number of carbonyl (C=O) groups is 1. The van der Waals surface area contributed by atoms with Gasteiger partial charge in [-0.15, -0.1) is 0 Å². The van der Waals surface area contributed by atoms with Crippen molar-refractivity contribution in [2.45, 2.75) is 0 Å². The molecule has 0 atom stereocenters. The first-order valence-corrected chi connectivity index (χ1v) is 9.11. The molecule has 0 aliphatic rings.